The minimum atomic E-state index is -5.10. The molecule has 0 spiro atoms. The normalized spacial score (nSPS) is 10.9. The average Bonchev–Trinajstić information content (AvgIpc) is 2.28. The van der Waals surface area contributed by atoms with Crippen molar-refractivity contribution in [3.63, 3.8) is 0 Å². The molecule has 0 amide bonds. The van der Waals surface area contributed by atoms with E-state index in [-0.39, 0.29) is 0 Å². The number of rotatable bonds is 3. The summed E-state index contributed by atoms with van der Waals surface area (Å²) >= 11 is 0. The molecule has 100 valence electrons. The van der Waals surface area contributed by atoms with Gasteiger partial charge in [0.25, 0.3) is 6.43 Å². The van der Waals surface area contributed by atoms with Crippen molar-refractivity contribution in [3.05, 3.63) is 22.9 Å². The molecule has 0 radical (unpaired) electrons. The van der Waals surface area contributed by atoms with Gasteiger partial charge < -0.3 is 4.74 Å². The molecule has 19 heavy (non-hydrogen) atoms. The second kappa shape index (κ2) is 5.48. The Hall–Kier alpha value is -2.42. The van der Waals surface area contributed by atoms with Gasteiger partial charge in [0.05, 0.1) is 18.1 Å². The number of alkyl halides is 5. The van der Waals surface area contributed by atoms with Gasteiger partial charge in [-0.2, -0.15) is 10.5 Å². The smallest absolute Gasteiger partial charge is 0.387 e. The van der Waals surface area contributed by atoms with Gasteiger partial charge in [-0.3, -0.25) is 0 Å². The van der Waals surface area contributed by atoms with Crippen molar-refractivity contribution in [1.82, 2.24) is 4.98 Å². The fourth-order valence-corrected chi connectivity index (χ4v) is 1.22. The van der Waals surface area contributed by atoms with Crippen molar-refractivity contribution in [2.75, 3.05) is 0 Å². The summed E-state index contributed by atoms with van der Waals surface area (Å²) in [5, 5.41) is 17.0. The van der Waals surface area contributed by atoms with Gasteiger partial charge in [-0.1, -0.05) is 0 Å². The van der Waals surface area contributed by atoms with Crippen LogP contribution in [0.5, 0.6) is 5.88 Å². The largest absolute Gasteiger partial charge is 0.574 e. The van der Waals surface area contributed by atoms with Gasteiger partial charge in [0.2, 0.25) is 5.88 Å². The van der Waals surface area contributed by atoms with E-state index in [0.717, 1.165) is 0 Å². The minimum Gasteiger partial charge on any atom is -0.387 e. The van der Waals surface area contributed by atoms with Gasteiger partial charge >= 0.3 is 6.36 Å². The quantitative estimate of drug-likeness (QED) is 0.796. The maximum absolute atomic E-state index is 12.6. The first kappa shape index (κ1) is 14.6. The average molecular weight is 277 g/mol. The van der Waals surface area contributed by atoms with Crippen LogP contribution >= 0.6 is 0 Å². The maximum atomic E-state index is 12.6. The van der Waals surface area contributed by atoms with Crippen LogP contribution in [0.15, 0.2) is 6.07 Å². The zero-order valence-corrected chi connectivity index (χ0v) is 9.00. The molecule has 1 rings (SSSR count). The number of nitriles is 2. The molecule has 1 heterocycles. The van der Waals surface area contributed by atoms with Crippen molar-refractivity contribution < 1.29 is 26.7 Å². The first-order valence-electron chi connectivity index (χ1n) is 4.63. The molecule has 1 aromatic rings. The lowest BCUT2D eigenvalue weighted by atomic mass is 10.1. The van der Waals surface area contributed by atoms with Gasteiger partial charge in [0.15, 0.2) is 5.69 Å². The van der Waals surface area contributed by atoms with E-state index in [2.05, 4.69) is 9.72 Å². The lowest BCUT2D eigenvalue weighted by molar-refractivity contribution is -0.276. The van der Waals surface area contributed by atoms with Crippen molar-refractivity contribution >= 4 is 0 Å². The summed E-state index contributed by atoms with van der Waals surface area (Å²) < 4.78 is 64.9. The molecule has 0 saturated carbocycles. The Morgan fingerprint density at radius 2 is 1.95 bits per heavy atom. The highest BCUT2D eigenvalue weighted by Crippen LogP contribution is 2.30. The summed E-state index contributed by atoms with van der Waals surface area (Å²) in [6.45, 7) is 0. The molecule has 0 aromatic carbocycles. The molecule has 0 bridgehead atoms. The van der Waals surface area contributed by atoms with Gasteiger partial charge in [-0.15, -0.1) is 13.2 Å². The van der Waals surface area contributed by atoms with E-state index in [1.165, 1.54) is 12.1 Å². The van der Waals surface area contributed by atoms with Crippen LogP contribution in [0.1, 0.15) is 23.2 Å². The summed E-state index contributed by atoms with van der Waals surface area (Å²) in [6, 6.07) is 3.36. The Labute approximate surface area is 103 Å². The molecular weight excluding hydrogens is 273 g/mol. The molecule has 9 heteroatoms. The summed E-state index contributed by atoms with van der Waals surface area (Å²) in [7, 11) is 0. The second-order valence-corrected chi connectivity index (χ2v) is 3.19. The Morgan fingerprint density at radius 1 is 1.32 bits per heavy atom. The molecule has 0 aliphatic rings. The fraction of sp³-hybridized carbons (Fsp3) is 0.300. The topological polar surface area (TPSA) is 69.7 Å². The van der Waals surface area contributed by atoms with Crippen LogP contribution in [-0.4, -0.2) is 11.3 Å². The van der Waals surface area contributed by atoms with Crippen LogP contribution in [0, 0.1) is 22.7 Å². The van der Waals surface area contributed by atoms with Crippen LogP contribution < -0.4 is 4.74 Å². The minimum absolute atomic E-state index is 0.464. The Kier molecular flexibility index (Phi) is 4.22. The lowest BCUT2D eigenvalue weighted by Gasteiger charge is -2.12. The molecule has 0 atom stereocenters. The molecule has 4 nitrogen and oxygen atoms in total. The molecular formula is C10H4F5N3O. The monoisotopic (exact) mass is 277 g/mol. The SMILES string of the molecule is N#CCc1cc(C(F)F)c(C#N)nc1OC(F)(F)F. The van der Waals surface area contributed by atoms with Gasteiger partial charge in [0, 0.05) is 5.56 Å². The van der Waals surface area contributed by atoms with Crippen molar-refractivity contribution in [2.24, 2.45) is 0 Å². The van der Waals surface area contributed by atoms with Crippen molar-refractivity contribution in [3.8, 4) is 18.0 Å². The highest BCUT2D eigenvalue weighted by Gasteiger charge is 2.33. The van der Waals surface area contributed by atoms with Gasteiger partial charge in [-0.25, -0.2) is 13.8 Å². The summed E-state index contributed by atoms with van der Waals surface area (Å²) in [5.74, 6) is -1.07. The fourth-order valence-electron chi connectivity index (χ4n) is 1.22. The van der Waals surface area contributed by atoms with Crippen LogP contribution in [0.25, 0.3) is 0 Å². The van der Waals surface area contributed by atoms with E-state index in [1.807, 2.05) is 0 Å². The van der Waals surface area contributed by atoms with E-state index in [9.17, 15) is 22.0 Å². The standard InChI is InChI=1S/C10H4F5N3O/c11-8(12)6-3-5(1-2-16)9(18-7(6)4-17)19-10(13,14)15/h3,8H,1H2. The zero-order valence-electron chi connectivity index (χ0n) is 9.00. The van der Waals surface area contributed by atoms with E-state index in [4.69, 9.17) is 10.5 Å². The first-order chi connectivity index (χ1) is 8.78. The lowest BCUT2D eigenvalue weighted by Crippen LogP contribution is -2.19. The Morgan fingerprint density at radius 3 is 2.37 bits per heavy atom. The summed E-state index contributed by atoms with van der Waals surface area (Å²) in [5.41, 5.74) is -2.19. The molecule has 0 aliphatic heterocycles. The molecule has 0 N–H and O–H groups in total. The zero-order chi connectivity index (χ0) is 14.6. The number of hydrogen-bond donors (Lipinski definition) is 0. The number of hydrogen-bond acceptors (Lipinski definition) is 4. The number of halogens is 5. The molecule has 0 aliphatic carbocycles. The molecule has 1 aromatic heterocycles. The van der Waals surface area contributed by atoms with Gasteiger partial charge in [0.1, 0.15) is 6.07 Å². The van der Waals surface area contributed by atoms with Crippen molar-refractivity contribution in [1.29, 1.82) is 10.5 Å². The maximum Gasteiger partial charge on any atom is 0.574 e. The Balaban J connectivity index is 3.38. The predicted molar refractivity (Wildman–Crippen MR) is 49.9 cm³/mol. The molecule has 0 unspecified atom stereocenters. The highest BCUT2D eigenvalue weighted by atomic mass is 19.4. The summed E-state index contributed by atoms with van der Waals surface area (Å²) in [6.07, 6.45) is -8.81. The highest BCUT2D eigenvalue weighted by molar-refractivity contribution is 5.41. The van der Waals surface area contributed by atoms with E-state index < -0.39 is 41.9 Å². The van der Waals surface area contributed by atoms with Crippen LogP contribution in [-0.2, 0) is 6.42 Å². The van der Waals surface area contributed by atoms with Crippen molar-refractivity contribution in [2.45, 2.75) is 19.2 Å². The number of pyridine rings is 1. The number of aromatic nitrogens is 1. The first-order valence-corrected chi connectivity index (χ1v) is 4.63. The summed E-state index contributed by atoms with van der Waals surface area (Å²) in [4.78, 5) is 3.08. The van der Waals surface area contributed by atoms with Crippen LogP contribution in [0.2, 0.25) is 0 Å². The Bertz CT molecular complexity index is 556. The third-order valence-corrected chi connectivity index (χ3v) is 1.91. The van der Waals surface area contributed by atoms with Crippen LogP contribution in [0.4, 0.5) is 22.0 Å². The number of ether oxygens (including phenoxy) is 1. The second-order valence-electron chi connectivity index (χ2n) is 3.19. The number of nitrogens with zero attached hydrogens (tertiary/aromatic N) is 3. The van der Waals surface area contributed by atoms with Gasteiger partial charge in [-0.05, 0) is 6.07 Å². The molecule has 0 saturated heterocycles. The van der Waals surface area contributed by atoms with E-state index >= 15 is 0 Å². The van der Waals surface area contributed by atoms with E-state index in [1.54, 1.807) is 0 Å². The predicted octanol–water partition coefficient (Wildman–Crippen LogP) is 2.86. The molecule has 0 fully saturated rings. The van der Waals surface area contributed by atoms with Crippen LogP contribution in [0.3, 0.4) is 0 Å². The third kappa shape index (κ3) is 3.78. The van der Waals surface area contributed by atoms with E-state index in [0.29, 0.717) is 6.07 Å². The third-order valence-electron chi connectivity index (χ3n) is 1.91.